The van der Waals surface area contributed by atoms with Crippen LogP contribution in [0.1, 0.15) is 13.8 Å². The van der Waals surface area contributed by atoms with Crippen molar-refractivity contribution in [2.24, 2.45) is 0 Å². The number of furan rings is 1. The summed E-state index contributed by atoms with van der Waals surface area (Å²) in [6, 6.07) is 17.8. The van der Waals surface area contributed by atoms with E-state index in [9.17, 15) is 4.79 Å². The molecule has 2 aromatic carbocycles. The minimum atomic E-state index is -0.125. The van der Waals surface area contributed by atoms with Crippen molar-refractivity contribution in [2.45, 2.75) is 13.8 Å². The molecule has 0 bridgehead atoms. The molecule has 3 heterocycles. The Bertz CT molecular complexity index is 1330. The summed E-state index contributed by atoms with van der Waals surface area (Å²) < 4.78 is 8.68. The van der Waals surface area contributed by atoms with E-state index in [-0.39, 0.29) is 46.2 Å². The molecule has 0 saturated heterocycles. The molecule has 0 saturated carbocycles. The zero-order valence-electron chi connectivity index (χ0n) is 15.1. The average Bonchev–Trinajstić information content (AvgIpc) is 2.93. The molecule has 0 fully saturated rings. The van der Waals surface area contributed by atoms with E-state index in [0.29, 0.717) is 0 Å². The number of aliphatic hydroxyl groups excluding tert-OH is 1. The van der Waals surface area contributed by atoms with E-state index in [1.165, 1.54) is 33.8 Å². The molecule has 0 amide bonds. The molecule has 1 N–H and O–H groups in total. The molecule has 0 aliphatic heterocycles. The van der Waals surface area contributed by atoms with Crippen LogP contribution in [0.5, 0.6) is 0 Å². The van der Waals surface area contributed by atoms with E-state index in [2.05, 4.69) is 35.3 Å². The van der Waals surface area contributed by atoms with Crippen LogP contribution >= 0.6 is 0 Å². The molecule has 6 heteroatoms. The standard InChI is InChI=1S/C17H8NOSe.C5H8O2.Ir/c1-2-6-13-10(4-1)17-16-12(8-9-18-17)19-11-5-3-7-14(20-13)15(11)16;1-4(6)3-5(2)7;/h1-3,5-9H;3,6H,1-2H3;/q-1;;/b;4-3-;. The molecule has 4 nitrogen and oxygen atoms in total. The SMILES string of the molecule is CC(=O)/C=C(/C)O.[Ir].[c-]1cccc2[se]c3cccc4oc5ccnc(c12)c5c43. The van der Waals surface area contributed by atoms with E-state index < -0.39 is 0 Å². The second-order valence-corrected chi connectivity index (χ2v) is 8.45. The van der Waals surface area contributed by atoms with Crippen LogP contribution in [0.4, 0.5) is 0 Å². The van der Waals surface area contributed by atoms with Gasteiger partial charge in [-0.3, -0.25) is 4.79 Å². The number of pyridine rings is 1. The quantitative estimate of drug-likeness (QED) is 0.123. The summed E-state index contributed by atoms with van der Waals surface area (Å²) in [6.07, 6.45) is 2.99. The van der Waals surface area contributed by atoms with E-state index in [1.807, 2.05) is 24.4 Å². The molecule has 1 radical (unpaired) electrons. The number of hydrogen-bond donors (Lipinski definition) is 1. The Morgan fingerprint density at radius 1 is 1.11 bits per heavy atom. The second kappa shape index (κ2) is 8.42. The molecule has 0 aliphatic rings. The van der Waals surface area contributed by atoms with Gasteiger partial charge >= 0.3 is 120 Å². The summed E-state index contributed by atoms with van der Waals surface area (Å²) >= 11 is 0.254. The van der Waals surface area contributed by atoms with Crippen LogP contribution in [0.25, 0.3) is 41.4 Å². The maximum absolute atomic E-state index is 10.0. The summed E-state index contributed by atoms with van der Waals surface area (Å²) in [5.41, 5.74) is 2.88. The monoisotopic (exact) mass is 615 g/mol. The first-order chi connectivity index (χ1) is 13.0. The van der Waals surface area contributed by atoms with Crippen LogP contribution in [-0.4, -0.2) is 30.4 Å². The molecule has 0 unspecified atom stereocenters. The fourth-order valence-electron chi connectivity index (χ4n) is 3.11. The minimum absolute atomic E-state index is 0. The zero-order valence-corrected chi connectivity index (χ0v) is 19.3. The summed E-state index contributed by atoms with van der Waals surface area (Å²) in [5, 5.41) is 11.9. The number of hydrogen-bond acceptors (Lipinski definition) is 4. The zero-order chi connectivity index (χ0) is 19.0. The Kier molecular flexibility index (Phi) is 6.16. The third-order valence-corrected chi connectivity index (χ3v) is 6.41. The van der Waals surface area contributed by atoms with Crippen LogP contribution in [0.15, 0.2) is 64.9 Å². The molecule has 5 aromatic rings. The maximum atomic E-state index is 10.0. The van der Waals surface area contributed by atoms with Gasteiger partial charge in [0.25, 0.3) is 0 Å². The number of fused-ring (bicyclic) bond motifs is 2. The Morgan fingerprint density at radius 3 is 2.57 bits per heavy atom. The van der Waals surface area contributed by atoms with Gasteiger partial charge in [0.2, 0.25) is 0 Å². The number of carbonyl (C=O) groups excluding carboxylic acids is 1. The summed E-state index contributed by atoms with van der Waals surface area (Å²) in [5.74, 6) is -0.0625. The Labute approximate surface area is 181 Å². The number of aromatic nitrogens is 1. The first-order valence-corrected chi connectivity index (χ1v) is 10.1. The Morgan fingerprint density at radius 2 is 1.86 bits per heavy atom. The molecule has 0 spiro atoms. The van der Waals surface area contributed by atoms with Crippen LogP contribution in [-0.2, 0) is 24.9 Å². The molecule has 28 heavy (non-hydrogen) atoms. The third kappa shape index (κ3) is 3.82. The number of nitrogens with zero attached hydrogens (tertiary/aromatic N) is 1. The van der Waals surface area contributed by atoms with Crippen molar-refractivity contribution < 1.29 is 34.4 Å². The van der Waals surface area contributed by atoms with Gasteiger partial charge in [0.1, 0.15) is 0 Å². The van der Waals surface area contributed by atoms with E-state index in [1.54, 1.807) is 0 Å². The Hall–Kier alpha value is -2.23. The van der Waals surface area contributed by atoms with Gasteiger partial charge in [0.15, 0.2) is 5.78 Å². The van der Waals surface area contributed by atoms with Crippen molar-refractivity contribution in [3.05, 3.63) is 66.6 Å². The average molecular weight is 614 g/mol. The first kappa shape index (κ1) is 20.5. The van der Waals surface area contributed by atoms with Gasteiger partial charge in [-0.25, -0.2) is 0 Å². The molecule has 3 aromatic heterocycles. The van der Waals surface area contributed by atoms with Gasteiger partial charge in [-0.2, -0.15) is 0 Å². The molecular formula is C22H16IrNO3Se-. The third-order valence-electron chi connectivity index (χ3n) is 4.06. The van der Waals surface area contributed by atoms with Crippen molar-refractivity contribution >= 4 is 61.6 Å². The number of allylic oxidation sites excluding steroid dienone is 2. The van der Waals surface area contributed by atoms with Crippen LogP contribution in [0, 0.1) is 6.07 Å². The molecule has 0 atom stereocenters. The normalized spacial score (nSPS) is 11.4. The van der Waals surface area contributed by atoms with Gasteiger partial charge in [-0.1, -0.05) is 0 Å². The molecule has 0 aliphatic carbocycles. The molecule has 5 rings (SSSR count). The van der Waals surface area contributed by atoms with E-state index >= 15 is 0 Å². The van der Waals surface area contributed by atoms with Gasteiger partial charge in [-0.15, -0.1) is 0 Å². The van der Waals surface area contributed by atoms with Crippen molar-refractivity contribution in [3.63, 3.8) is 0 Å². The van der Waals surface area contributed by atoms with Crippen LogP contribution in [0.3, 0.4) is 0 Å². The van der Waals surface area contributed by atoms with Crippen LogP contribution in [0.2, 0.25) is 0 Å². The fourth-order valence-corrected chi connectivity index (χ4v) is 5.40. The molecule has 143 valence electrons. The van der Waals surface area contributed by atoms with Gasteiger partial charge in [-0.05, 0) is 13.8 Å². The van der Waals surface area contributed by atoms with Crippen molar-refractivity contribution in [2.75, 3.05) is 0 Å². The summed E-state index contributed by atoms with van der Waals surface area (Å²) in [7, 11) is 0. The van der Waals surface area contributed by atoms with Gasteiger partial charge < -0.3 is 5.11 Å². The van der Waals surface area contributed by atoms with E-state index in [4.69, 9.17) is 9.52 Å². The number of carbonyl (C=O) groups is 1. The number of aliphatic hydroxyl groups is 1. The van der Waals surface area contributed by atoms with Crippen LogP contribution < -0.4 is 0 Å². The number of ketones is 1. The predicted molar refractivity (Wildman–Crippen MR) is 109 cm³/mol. The molecular weight excluding hydrogens is 597 g/mol. The number of rotatable bonds is 1. The van der Waals surface area contributed by atoms with Crippen molar-refractivity contribution in [3.8, 4) is 0 Å². The summed E-state index contributed by atoms with van der Waals surface area (Å²) in [6.45, 7) is 2.85. The van der Waals surface area contributed by atoms with Gasteiger partial charge in [0.05, 0.1) is 5.76 Å². The van der Waals surface area contributed by atoms with E-state index in [0.717, 1.165) is 27.5 Å². The topological polar surface area (TPSA) is 63.3 Å². The second-order valence-electron chi connectivity index (χ2n) is 6.17. The first-order valence-electron chi connectivity index (χ1n) is 8.41. The van der Waals surface area contributed by atoms with Gasteiger partial charge in [0, 0.05) is 26.2 Å². The number of benzene rings is 2. The predicted octanol–water partition coefficient (Wildman–Crippen LogP) is 5.18. The summed E-state index contributed by atoms with van der Waals surface area (Å²) in [4.78, 5) is 14.6. The van der Waals surface area contributed by atoms with Crippen molar-refractivity contribution in [1.82, 2.24) is 4.98 Å². The fraction of sp³-hybridized carbons (Fsp3) is 0.0909. The Balaban J connectivity index is 0.000000246. The van der Waals surface area contributed by atoms with Crippen molar-refractivity contribution in [1.29, 1.82) is 0 Å².